The smallest absolute Gasteiger partial charge is 0.247 e. The van der Waals surface area contributed by atoms with Gasteiger partial charge in [-0.1, -0.05) is 11.6 Å². The zero-order chi connectivity index (χ0) is 21.9. The Bertz CT molecular complexity index is 1300. The number of sulfonamides is 1. The number of hydrogen-bond acceptors (Lipinski definition) is 5. The molecule has 1 amide bonds. The van der Waals surface area contributed by atoms with E-state index in [0.29, 0.717) is 42.5 Å². The van der Waals surface area contributed by atoms with E-state index in [9.17, 15) is 13.2 Å². The number of rotatable bonds is 4. The quantitative estimate of drug-likeness (QED) is 0.558. The highest BCUT2D eigenvalue weighted by Crippen LogP contribution is 2.32. The predicted molar refractivity (Wildman–Crippen MR) is 115 cm³/mol. The maximum Gasteiger partial charge on any atom is 0.247 e. The van der Waals surface area contributed by atoms with Crippen molar-refractivity contribution < 1.29 is 17.6 Å². The summed E-state index contributed by atoms with van der Waals surface area (Å²) in [5, 5.41) is 5.57. The summed E-state index contributed by atoms with van der Waals surface area (Å²) in [5.74, 6) is -0.0617. The van der Waals surface area contributed by atoms with Crippen LogP contribution in [-0.2, 0) is 14.8 Å². The van der Waals surface area contributed by atoms with Crippen LogP contribution in [0.3, 0.4) is 0 Å². The Kier molecular flexibility index (Phi) is 4.72. The van der Waals surface area contributed by atoms with E-state index in [1.54, 1.807) is 53.9 Å². The normalized spacial score (nSPS) is 18.2. The minimum atomic E-state index is -3.63. The fraction of sp³-hybridized carbons (Fsp3) is 0.333. The second-order valence-corrected chi connectivity index (χ2v) is 10.4. The number of halogens is 1. The maximum atomic E-state index is 13.1. The third kappa shape index (κ3) is 3.37. The molecule has 1 unspecified atom stereocenters. The zero-order valence-electron chi connectivity index (χ0n) is 17.1. The van der Waals surface area contributed by atoms with E-state index in [-0.39, 0.29) is 10.8 Å². The number of nitrogens with zero attached hydrogens (tertiary/aromatic N) is 4. The molecule has 162 valence electrons. The molecule has 3 aromatic rings. The van der Waals surface area contributed by atoms with E-state index in [4.69, 9.17) is 16.0 Å². The van der Waals surface area contributed by atoms with E-state index in [2.05, 4.69) is 5.10 Å². The fourth-order valence-corrected chi connectivity index (χ4v) is 5.76. The number of amides is 1. The van der Waals surface area contributed by atoms with Crippen LogP contribution in [0.1, 0.15) is 18.7 Å². The summed E-state index contributed by atoms with van der Waals surface area (Å²) in [5.41, 5.74) is 3.31. The van der Waals surface area contributed by atoms with Crippen molar-refractivity contribution in [3.05, 3.63) is 58.6 Å². The molecule has 0 N–H and O–H groups in total. The number of carbonyl (C=O) groups is 1. The Labute approximate surface area is 184 Å². The van der Waals surface area contributed by atoms with Crippen molar-refractivity contribution >= 4 is 38.5 Å². The van der Waals surface area contributed by atoms with Gasteiger partial charge in [-0.2, -0.15) is 9.40 Å². The first-order valence-corrected chi connectivity index (χ1v) is 11.7. The van der Waals surface area contributed by atoms with Crippen molar-refractivity contribution in [1.82, 2.24) is 19.0 Å². The highest BCUT2D eigenvalue weighted by Gasteiger charge is 2.38. The molecule has 1 aromatic carbocycles. The average Bonchev–Trinajstić information content (AvgIpc) is 3.49. The van der Waals surface area contributed by atoms with E-state index in [0.717, 1.165) is 16.5 Å². The summed E-state index contributed by atoms with van der Waals surface area (Å²) < 4.78 is 34.6. The van der Waals surface area contributed by atoms with E-state index < -0.39 is 16.1 Å². The molecule has 0 spiro atoms. The van der Waals surface area contributed by atoms with Gasteiger partial charge in [0, 0.05) is 37.8 Å². The topological polar surface area (TPSA) is 88.7 Å². The Balaban J connectivity index is 1.28. The van der Waals surface area contributed by atoms with Gasteiger partial charge >= 0.3 is 0 Å². The molecule has 0 radical (unpaired) electrons. The first-order valence-electron chi connectivity index (χ1n) is 9.91. The number of hydrogen-bond donors (Lipinski definition) is 0. The molecule has 2 aliphatic rings. The van der Waals surface area contributed by atoms with Gasteiger partial charge in [0.15, 0.2) is 0 Å². The molecule has 31 heavy (non-hydrogen) atoms. The fourth-order valence-electron chi connectivity index (χ4n) is 4.16. The molecule has 5 rings (SSSR count). The monoisotopic (exact) mass is 460 g/mol. The van der Waals surface area contributed by atoms with Gasteiger partial charge < -0.3 is 9.32 Å². The van der Waals surface area contributed by atoms with Crippen LogP contribution >= 0.6 is 11.6 Å². The highest BCUT2D eigenvalue weighted by molar-refractivity contribution is 7.89. The summed E-state index contributed by atoms with van der Waals surface area (Å²) >= 11 is 6.07. The first-order chi connectivity index (χ1) is 14.7. The average molecular weight is 461 g/mol. The van der Waals surface area contributed by atoms with Crippen LogP contribution in [0.2, 0.25) is 5.02 Å². The lowest BCUT2D eigenvalue weighted by Gasteiger charge is -2.25. The van der Waals surface area contributed by atoms with Gasteiger partial charge in [0.05, 0.1) is 21.9 Å². The summed E-state index contributed by atoms with van der Waals surface area (Å²) in [6, 6.07) is 6.14. The number of aryl methyl sites for hydroxylation is 1. The standard InChI is InChI=1S/C21H21ClN4O4S/c1-13-19(22)12-26(23-13)14(2)21(27)24-8-16-10-25(11-17(16)9-24)31(28,29)18-3-4-20-15(7-18)5-6-30-20/h3-7,12,14H,8-11H2,1-2H3. The van der Waals surface area contributed by atoms with Crippen LogP contribution in [0.25, 0.3) is 11.0 Å². The van der Waals surface area contributed by atoms with Crippen molar-refractivity contribution in [2.45, 2.75) is 24.8 Å². The Hall–Kier alpha value is -2.62. The molecule has 8 nitrogen and oxygen atoms in total. The van der Waals surface area contributed by atoms with Gasteiger partial charge in [0.1, 0.15) is 11.6 Å². The third-order valence-corrected chi connectivity index (χ3v) is 8.14. The summed E-state index contributed by atoms with van der Waals surface area (Å²) in [7, 11) is -3.63. The molecule has 0 aliphatic carbocycles. The van der Waals surface area contributed by atoms with E-state index in [1.165, 1.54) is 10.6 Å². The van der Waals surface area contributed by atoms with Crippen LogP contribution in [-0.4, -0.2) is 59.5 Å². The van der Waals surface area contributed by atoms with Crippen molar-refractivity contribution in [2.24, 2.45) is 0 Å². The Morgan fingerprint density at radius 3 is 2.52 bits per heavy atom. The van der Waals surface area contributed by atoms with Gasteiger partial charge in [-0.05, 0) is 49.3 Å². The van der Waals surface area contributed by atoms with Gasteiger partial charge in [-0.25, -0.2) is 8.42 Å². The van der Waals surface area contributed by atoms with Crippen molar-refractivity contribution in [3.8, 4) is 0 Å². The lowest BCUT2D eigenvalue weighted by atomic mass is 10.2. The SMILES string of the molecule is Cc1nn(C(C)C(=O)N2CC3=C(C2)CN(S(=O)(=O)c2ccc4occc4c2)C3)cc1Cl. The molecule has 0 saturated carbocycles. The Morgan fingerprint density at radius 1 is 1.16 bits per heavy atom. The van der Waals surface area contributed by atoms with Crippen LogP contribution in [0.5, 0.6) is 0 Å². The van der Waals surface area contributed by atoms with Crippen LogP contribution in [0, 0.1) is 6.92 Å². The predicted octanol–water partition coefficient (Wildman–Crippen LogP) is 3.00. The van der Waals surface area contributed by atoms with E-state index >= 15 is 0 Å². The molecular weight excluding hydrogens is 440 g/mol. The van der Waals surface area contributed by atoms with Crippen molar-refractivity contribution in [1.29, 1.82) is 0 Å². The Morgan fingerprint density at radius 2 is 1.87 bits per heavy atom. The second-order valence-electron chi connectivity index (χ2n) is 8.01. The number of benzene rings is 1. The van der Waals surface area contributed by atoms with Crippen LogP contribution < -0.4 is 0 Å². The molecule has 0 saturated heterocycles. The van der Waals surface area contributed by atoms with Gasteiger partial charge in [-0.15, -0.1) is 0 Å². The lowest BCUT2D eigenvalue weighted by molar-refractivity contribution is -0.133. The molecule has 0 bridgehead atoms. The molecule has 10 heteroatoms. The maximum absolute atomic E-state index is 13.1. The lowest BCUT2D eigenvalue weighted by Crippen LogP contribution is -2.39. The van der Waals surface area contributed by atoms with E-state index in [1.807, 2.05) is 0 Å². The first kappa shape index (κ1) is 20.3. The number of fused-ring (bicyclic) bond motifs is 1. The number of aromatic nitrogens is 2. The molecule has 4 heterocycles. The summed E-state index contributed by atoms with van der Waals surface area (Å²) in [6.45, 7) is 5.04. The molecule has 0 fully saturated rings. The molecule has 2 aromatic heterocycles. The third-order valence-electron chi connectivity index (χ3n) is 5.98. The van der Waals surface area contributed by atoms with Crippen LogP contribution in [0.15, 0.2) is 57.2 Å². The van der Waals surface area contributed by atoms with Crippen molar-refractivity contribution in [2.75, 3.05) is 26.2 Å². The number of furan rings is 1. The number of carbonyl (C=O) groups excluding carboxylic acids is 1. The molecular formula is C21H21ClN4O4S. The molecule has 1 atom stereocenters. The highest BCUT2D eigenvalue weighted by atomic mass is 35.5. The minimum absolute atomic E-state index is 0.0617. The minimum Gasteiger partial charge on any atom is -0.464 e. The zero-order valence-corrected chi connectivity index (χ0v) is 18.7. The van der Waals surface area contributed by atoms with Crippen LogP contribution in [0.4, 0.5) is 0 Å². The van der Waals surface area contributed by atoms with Gasteiger partial charge in [0.2, 0.25) is 15.9 Å². The van der Waals surface area contributed by atoms with Crippen molar-refractivity contribution in [3.63, 3.8) is 0 Å². The summed E-state index contributed by atoms with van der Waals surface area (Å²) in [6.07, 6.45) is 3.19. The molecule has 2 aliphatic heterocycles. The second kappa shape index (κ2) is 7.22. The summed E-state index contributed by atoms with van der Waals surface area (Å²) in [4.78, 5) is 14.9. The van der Waals surface area contributed by atoms with Gasteiger partial charge in [0.25, 0.3) is 0 Å². The largest absolute Gasteiger partial charge is 0.464 e. The van der Waals surface area contributed by atoms with Gasteiger partial charge in [-0.3, -0.25) is 9.48 Å².